The molecule has 1 saturated heterocycles. The Bertz CT molecular complexity index is 1690. The first kappa shape index (κ1) is 32.1. The molecule has 1 N–H and O–H groups in total. The van der Waals surface area contributed by atoms with Crippen LogP contribution in [0.5, 0.6) is 11.5 Å². The summed E-state index contributed by atoms with van der Waals surface area (Å²) in [6.45, 7) is 8.71. The number of carbonyl (C=O) groups is 1. The normalized spacial score (nSPS) is 14.3. The molecule has 0 aliphatic carbocycles. The average molecular weight is 630 g/mol. The van der Waals surface area contributed by atoms with Crippen molar-refractivity contribution < 1.29 is 23.4 Å². The minimum Gasteiger partial charge on any atom is -0.494 e. The van der Waals surface area contributed by atoms with E-state index in [1.165, 1.54) is 19.5 Å². The van der Waals surface area contributed by atoms with E-state index in [0.717, 1.165) is 5.56 Å². The van der Waals surface area contributed by atoms with Crippen LogP contribution in [0.1, 0.15) is 57.6 Å². The maximum absolute atomic E-state index is 15.2. The molecule has 13 nitrogen and oxygen atoms in total. The summed E-state index contributed by atoms with van der Waals surface area (Å²) in [6.07, 6.45) is 5.32. The Balaban J connectivity index is 1.28. The molecule has 1 amide bonds. The van der Waals surface area contributed by atoms with E-state index in [9.17, 15) is 10.1 Å². The molecule has 0 radical (unpaired) electrons. The lowest BCUT2D eigenvalue weighted by Crippen LogP contribution is -2.41. The molecule has 0 bridgehead atoms. The van der Waals surface area contributed by atoms with Crippen LogP contribution in [0.25, 0.3) is 11.1 Å². The molecule has 1 atom stereocenters. The van der Waals surface area contributed by atoms with Gasteiger partial charge >= 0.3 is 6.09 Å². The minimum atomic E-state index is -0.577. The summed E-state index contributed by atoms with van der Waals surface area (Å²) >= 11 is 0. The van der Waals surface area contributed by atoms with Crippen molar-refractivity contribution in [3.05, 3.63) is 66.0 Å². The predicted molar refractivity (Wildman–Crippen MR) is 166 cm³/mol. The highest BCUT2D eigenvalue weighted by Gasteiger charge is 2.29. The molecular weight excluding hydrogens is 593 g/mol. The van der Waals surface area contributed by atoms with Gasteiger partial charge in [-0.05, 0) is 86.2 Å². The highest BCUT2D eigenvalue weighted by molar-refractivity contribution is 5.69. The number of aromatic nitrogens is 6. The zero-order valence-corrected chi connectivity index (χ0v) is 26.4. The lowest BCUT2D eigenvalue weighted by molar-refractivity contribution is 0.0204. The number of methoxy groups -OCH3 is 1. The SMILES string of the molecule is COc1cc(F)c(C2CCN(C(=O)OC(C)(C)C)CC2)cc1Nc1ncc(-c2ccc(C#N)c(O[C@@H](C)Cn3cnnn3)c2)cn1. The van der Waals surface area contributed by atoms with Crippen LogP contribution in [0, 0.1) is 17.1 Å². The molecule has 1 aliphatic rings. The number of likely N-dealkylation sites (tertiary alicyclic amines) is 1. The van der Waals surface area contributed by atoms with Crippen LogP contribution in [0.3, 0.4) is 0 Å². The largest absolute Gasteiger partial charge is 0.494 e. The number of nitrogens with zero attached hydrogens (tertiary/aromatic N) is 8. The summed E-state index contributed by atoms with van der Waals surface area (Å²) in [6, 6.07) is 10.5. The van der Waals surface area contributed by atoms with Gasteiger partial charge in [-0.3, -0.25) is 0 Å². The Morgan fingerprint density at radius 3 is 2.50 bits per heavy atom. The number of anilines is 2. The number of halogens is 1. The number of hydrogen-bond donors (Lipinski definition) is 1. The standard InChI is InChI=1S/C32H36FN9O4/c1-20(18-42-19-37-39-40-42)45-28-12-22(6-7-23(28)15-34)24-16-35-30(36-17-24)38-27-13-25(26(33)14-29(27)44-5)21-8-10-41(11-9-21)31(43)46-32(2,3)4/h6-7,12-14,16-17,19-21H,8-11,18H2,1-5H3,(H,35,36,38)/t20-/m0/s1. The van der Waals surface area contributed by atoms with E-state index in [0.29, 0.717) is 72.3 Å². The fourth-order valence-electron chi connectivity index (χ4n) is 5.19. The second-order valence-corrected chi connectivity index (χ2v) is 12.0. The number of piperidine rings is 1. The van der Waals surface area contributed by atoms with E-state index in [2.05, 4.69) is 36.9 Å². The molecule has 2 aromatic carbocycles. The lowest BCUT2D eigenvalue weighted by Gasteiger charge is -2.34. The summed E-state index contributed by atoms with van der Waals surface area (Å²) in [5, 5.41) is 23.9. The van der Waals surface area contributed by atoms with E-state index < -0.39 is 5.60 Å². The van der Waals surface area contributed by atoms with Crippen molar-refractivity contribution in [1.29, 1.82) is 5.26 Å². The van der Waals surface area contributed by atoms with Gasteiger partial charge in [0.05, 0.1) is 24.9 Å². The highest BCUT2D eigenvalue weighted by atomic mass is 19.1. The Kier molecular flexibility index (Phi) is 9.60. The molecule has 3 heterocycles. The molecular formula is C32H36FN9O4. The quantitative estimate of drug-likeness (QED) is 0.251. The molecule has 5 rings (SSSR count). The third-order valence-corrected chi connectivity index (χ3v) is 7.40. The summed E-state index contributed by atoms with van der Waals surface area (Å²) in [5.41, 5.74) is 2.33. The number of carbonyl (C=O) groups excluding carboxylic acids is 1. The van der Waals surface area contributed by atoms with Crippen LogP contribution in [0.4, 0.5) is 20.8 Å². The van der Waals surface area contributed by atoms with Crippen LogP contribution >= 0.6 is 0 Å². The van der Waals surface area contributed by atoms with Gasteiger partial charge in [0.2, 0.25) is 5.95 Å². The van der Waals surface area contributed by atoms with Crippen molar-refractivity contribution in [2.24, 2.45) is 0 Å². The first-order valence-electron chi connectivity index (χ1n) is 14.9. The molecule has 1 aliphatic heterocycles. The van der Waals surface area contributed by atoms with E-state index in [-0.39, 0.29) is 23.9 Å². The number of nitrogens with one attached hydrogen (secondary N) is 1. The van der Waals surface area contributed by atoms with Crippen molar-refractivity contribution in [2.45, 2.75) is 64.7 Å². The first-order valence-corrected chi connectivity index (χ1v) is 14.9. The molecule has 1 fully saturated rings. The predicted octanol–water partition coefficient (Wildman–Crippen LogP) is 5.48. The van der Waals surface area contributed by atoms with E-state index in [4.69, 9.17) is 14.2 Å². The van der Waals surface area contributed by atoms with Crippen molar-refractivity contribution in [1.82, 2.24) is 35.1 Å². The Hall–Kier alpha value is -5.32. The molecule has 14 heteroatoms. The van der Waals surface area contributed by atoms with Gasteiger partial charge in [-0.1, -0.05) is 6.07 Å². The van der Waals surface area contributed by atoms with Gasteiger partial charge in [0.1, 0.15) is 41.4 Å². The van der Waals surface area contributed by atoms with Gasteiger partial charge < -0.3 is 24.4 Å². The minimum absolute atomic E-state index is 0.0863. The van der Waals surface area contributed by atoms with Crippen LogP contribution in [0.15, 0.2) is 49.1 Å². The summed E-state index contributed by atoms with van der Waals surface area (Å²) in [7, 11) is 1.47. The molecule has 0 saturated carbocycles. The monoisotopic (exact) mass is 629 g/mol. The smallest absolute Gasteiger partial charge is 0.410 e. The summed E-state index contributed by atoms with van der Waals surface area (Å²) in [5.74, 6) is 0.560. The molecule has 4 aromatic rings. The number of nitriles is 1. The third-order valence-electron chi connectivity index (χ3n) is 7.40. The Labute approximate surface area is 266 Å². The van der Waals surface area contributed by atoms with Gasteiger partial charge in [0.25, 0.3) is 0 Å². The summed E-state index contributed by atoms with van der Waals surface area (Å²) < 4.78 is 33.8. The van der Waals surface area contributed by atoms with Crippen LogP contribution in [-0.2, 0) is 11.3 Å². The number of ether oxygens (including phenoxy) is 3. The molecule has 2 aromatic heterocycles. The third kappa shape index (κ3) is 7.84. The average Bonchev–Trinajstić information content (AvgIpc) is 3.54. The van der Waals surface area contributed by atoms with Crippen LogP contribution < -0.4 is 14.8 Å². The second-order valence-electron chi connectivity index (χ2n) is 12.0. The zero-order valence-electron chi connectivity index (χ0n) is 26.4. The maximum Gasteiger partial charge on any atom is 0.410 e. The van der Waals surface area contributed by atoms with Crippen molar-refractivity contribution in [3.63, 3.8) is 0 Å². The molecule has 0 unspecified atom stereocenters. The van der Waals surface area contributed by atoms with Gasteiger partial charge in [-0.25, -0.2) is 23.8 Å². The van der Waals surface area contributed by atoms with E-state index in [1.54, 1.807) is 46.2 Å². The number of amides is 1. The first-order chi connectivity index (χ1) is 22.0. The molecule has 240 valence electrons. The molecule has 0 spiro atoms. The van der Waals surface area contributed by atoms with Crippen molar-refractivity contribution in [2.75, 3.05) is 25.5 Å². The van der Waals surface area contributed by atoms with Crippen LogP contribution in [-0.4, -0.2) is 73.1 Å². The summed E-state index contributed by atoms with van der Waals surface area (Å²) in [4.78, 5) is 23.1. The lowest BCUT2D eigenvalue weighted by atomic mass is 9.88. The van der Waals surface area contributed by atoms with E-state index >= 15 is 4.39 Å². The second kappa shape index (κ2) is 13.8. The van der Waals surface area contributed by atoms with Gasteiger partial charge in [-0.2, -0.15) is 5.26 Å². The fraction of sp³-hybridized carbons (Fsp3) is 0.406. The molecule has 46 heavy (non-hydrogen) atoms. The number of hydrogen-bond acceptors (Lipinski definition) is 11. The van der Waals surface area contributed by atoms with Gasteiger partial charge in [0, 0.05) is 37.1 Å². The topological polar surface area (TPSA) is 153 Å². The number of rotatable bonds is 9. The van der Waals surface area contributed by atoms with E-state index in [1.807, 2.05) is 27.7 Å². The van der Waals surface area contributed by atoms with Crippen molar-refractivity contribution in [3.8, 4) is 28.7 Å². The van der Waals surface area contributed by atoms with Crippen LogP contribution in [0.2, 0.25) is 0 Å². The number of benzene rings is 2. The Morgan fingerprint density at radius 2 is 1.87 bits per heavy atom. The zero-order chi connectivity index (χ0) is 32.8. The Morgan fingerprint density at radius 1 is 1.13 bits per heavy atom. The maximum atomic E-state index is 15.2. The fourth-order valence-corrected chi connectivity index (χ4v) is 5.19. The highest BCUT2D eigenvalue weighted by Crippen LogP contribution is 2.37. The van der Waals surface area contributed by atoms with Gasteiger partial charge in [-0.15, -0.1) is 5.10 Å². The van der Waals surface area contributed by atoms with Gasteiger partial charge in [0.15, 0.2) is 0 Å². The van der Waals surface area contributed by atoms with Crippen molar-refractivity contribution >= 4 is 17.7 Å². The number of tetrazole rings is 1.